The third kappa shape index (κ3) is 2.51. The Kier molecular flexibility index (Phi) is 3.66. The number of nitrogens with two attached hydrogens (primary N) is 1. The molecule has 6 heteroatoms. The van der Waals surface area contributed by atoms with Gasteiger partial charge >= 0.3 is 0 Å². The zero-order valence-electron chi connectivity index (χ0n) is 11.1. The van der Waals surface area contributed by atoms with E-state index in [1.165, 1.54) is 0 Å². The van der Waals surface area contributed by atoms with E-state index in [0.29, 0.717) is 10.5 Å². The van der Waals surface area contributed by atoms with E-state index in [4.69, 9.17) is 17.3 Å². The second-order valence-corrected chi connectivity index (χ2v) is 5.19. The number of hydrogen-bond donors (Lipinski definition) is 2. The second-order valence-electron chi connectivity index (χ2n) is 4.79. The van der Waals surface area contributed by atoms with E-state index in [2.05, 4.69) is 10.3 Å². The smallest absolute Gasteiger partial charge is 0.243 e. The molecule has 0 aliphatic heterocycles. The van der Waals surface area contributed by atoms with E-state index in [1.54, 1.807) is 17.6 Å². The van der Waals surface area contributed by atoms with Crippen molar-refractivity contribution in [1.29, 1.82) is 0 Å². The molecule has 0 aliphatic carbocycles. The van der Waals surface area contributed by atoms with Gasteiger partial charge in [-0.2, -0.15) is 0 Å². The van der Waals surface area contributed by atoms with Crippen molar-refractivity contribution in [3.05, 3.63) is 23.2 Å². The lowest BCUT2D eigenvalue weighted by atomic mass is 10.2. The van der Waals surface area contributed by atoms with Gasteiger partial charge in [0.1, 0.15) is 11.6 Å². The molecule has 0 fully saturated rings. The fourth-order valence-corrected chi connectivity index (χ4v) is 2.24. The zero-order chi connectivity index (χ0) is 14.2. The molecule has 0 spiro atoms. The monoisotopic (exact) mass is 280 g/mol. The van der Waals surface area contributed by atoms with Gasteiger partial charge in [0.25, 0.3) is 0 Å². The molecule has 1 unspecified atom stereocenters. The van der Waals surface area contributed by atoms with Crippen molar-refractivity contribution in [2.24, 2.45) is 0 Å². The average Bonchev–Trinajstić information content (AvgIpc) is 2.65. The van der Waals surface area contributed by atoms with Crippen molar-refractivity contribution < 1.29 is 4.79 Å². The van der Waals surface area contributed by atoms with Crippen molar-refractivity contribution >= 4 is 34.5 Å². The number of carbonyl (C=O) groups is 1. The minimum Gasteiger partial charge on any atom is -0.369 e. The number of para-hydroxylation sites is 1. The van der Waals surface area contributed by atoms with Gasteiger partial charge in [0.05, 0.1) is 10.5 Å². The normalized spacial score (nSPS) is 12.9. The zero-order valence-corrected chi connectivity index (χ0v) is 11.9. The highest BCUT2D eigenvalue weighted by molar-refractivity contribution is 6.35. The molecule has 19 heavy (non-hydrogen) atoms. The molecule has 0 saturated carbocycles. The number of fused-ring (bicyclic) bond motifs is 1. The lowest BCUT2D eigenvalue weighted by molar-refractivity contribution is -0.124. The summed E-state index contributed by atoms with van der Waals surface area (Å²) in [6, 6.07) is 5.05. The molecular weight excluding hydrogens is 264 g/mol. The van der Waals surface area contributed by atoms with Crippen LogP contribution in [0.2, 0.25) is 5.02 Å². The Morgan fingerprint density at radius 2 is 2.11 bits per heavy atom. The van der Waals surface area contributed by atoms with Gasteiger partial charge in [-0.05, 0) is 32.9 Å². The highest BCUT2D eigenvalue weighted by Gasteiger charge is 2.21. The summed E-state index contributed by atoms with van der Waals surface area (Å²) < 4.78 is 1.69. The topological polar surface area (TPSA) is 72.9 Å². The summed E-state index contributed by atoms with van der Waals surface area (Å²) in [7, 11) is 0. The molecule has 2 rings (SSSR count). The molecular formula is C13H17ClN4O. The lowest BCUT2D eigenvalue weighted by Crippen LogP contribution is -2.36. The number of aromatic nitrogens is 2. The summed E-state index contributed by atoms with van der Waals surface area (Å²) in [5.74, 6) is 0.190. The number of nitrogens with zero attached hydrogens (tertiary/aromatic N) is 2. The van der Waals surface area contributed by atoms with Crippen LogP contribution in [0.1, 0.15) is 26.8 Å². The van der Waals surface area contributed by atoms with Gasteiger partial charge in [-0.15, -0.1) is 0 Å². The fourth-order valence-electron chi connectivity index (χ4n) is 2.03. The summed E-state index contributed by atoms with van der Waals surface area (Å²) in [6.45, 7) is 5.61. The number of nitrogen functional groups attached to an aromatic ring is 1. The molecule has 1 aromatic heterocycles. The number of imidazole rings is 1. The quantitative estimate of drug-likeness (QED) is 0.906. The number of rotatable bonds is 3. The number of carbonyl (C=O) groups excluding carboxylic acids is 1. The predicted octanol–water partition coefficient (Wildman–Crippen LogP) is 2.36. The van der Waals surface area contributed by atoms with Crippen molar-refractivity contribution in [2.75, 3.05) is 5.73 Å². The maximum atomic E-state index is 12.1. The molecule has 5 nitrogen and oxygen atoms in total. The minimum atomic E-state index is -0.439. The van der Waals surface area contributed by atoms with Gasteiger partial charge in [0.2, 0.25) is 11.9 Å². The first-order chi connectivity index (χ1) is 8.91. The van der Waals surface area contributed by atoms with E-state index in [1.807, 2.05) is 26.0 Å². The lowest BCUT2D eigenvalue weighted by Gasteiger charge is -2.17. The Bertz CT molecular complexity index is 620. The molecule has 0 bridgehead atoms. The summed E-state index contributed by atoms with van der Waals surface area (Å²) in [4.78, 5) is 16.3. The fraction of sp³-hybridized carbons (Fsp3) is 0.385. The van der Waals surface area contributed by atoms with Crippen LogP contribution < -0.4 is 11.1 Å². The maximum Gasteiger partial charge on any atom is 0.243 e. The molecule has 0 radical (unpaired) electrons. The van der Waals surface area contributed by atoms with Gasteiger partial charge in [-0.3, -0.25) is 9.36 Å². The number of hydrogen-bond acceptors (Lipinski definition) is 3. The Hall–Kier alpha value is -1.75. The number of halogens is 1. The van der Waals surface area contributed by atoms with Gasteiger partial charge in [0.15, 0.2) is 0 Å². The molecule has 1 aromatic carbocycles. The Morgan fingerprint density at radius 3 is 2.74 bits per heavy atom. The van der Waals surface area contributed by atoms with Crippen molar-refractivity contribution in [3.8, 4) is 0 Å². The van der Waals surface area contributed by atoms with E-state index in [-0.39, 0.29) is 17.9 Å². The molecule has 1 amide bonds. The summed E-state index contributed by atoms with van der Waals surface area (Å²) >= 11 is 6.08. The molecule has 1 atom stereocenters. The van der Waals surface area contributed by atoms with Crippen molar-refractivity contribution in [1.82, 2.24) is 14.9 Å². The summed E-state index contributed by atoms with van der Waals surface area (Å²) in [5.41, 5.74) is 7.28. The van der Waals surface area contributed by atoms with Crippen LogP contribution in [0.3, 0.4) is 0 Å². The highest BCUT2D eigenvalue weighted by Crippen LogP contribution is 2.27. The van der Waals surface area contributed by atoms with Gasteiger partial charge < -0.3 is 11.1 Å². The largest absolute Gasteiger partial charge is 0.369 e. The van der Waals surface area contributed by atoms with E-state index in [9.17, 15) is 4.79 Å². The van der Waals surface area contributed by atoms with Crippen LogP contribution in [0.15, 0.2) is 18.2 Å². The Balaban J connectivity index is 2.47. The van der Waals surface area contributed by atoms with Crippen LogP contribution in [0.25, 0.3) is 11.0 Å². The van der Waals surface area contributed by atoms with Crippen molar-refractivity contribution in [3.63, 3.8) is 0 Å². The Morgan fingerprint density at radius 1 is 1.42 bits per heavy atom. The van der Waals surface area contributed by atoms with E-state index < -0.39 is 6.04 Å². The standard InChI is InChI=1S/C13H17ClN4O/c1-7(2)16-12(19)8(3)18-10-6-4-5-9(14)11(10)17-13(18)15/h4-8H,1-3H3,(H2,15,17)(H,16,19). The molecule has 102 valence electrons. The maximum absolute atomic E-state index is 12.1. The van der Waals surface area contributed by atoms with E-state index in [0.717, 1.165) is 5.52 Å². The molecule has 3 N–H and O–H groups in total. The average molecular weight is 281 g/mol. The van der Waals surface area contributed by atoms with Crippen molar-refractivity contribution in [2.45, 2.75) is 32.9 Å². The highest BCUT2D eigenvalue weighted by atomic mass is 35.5. The first-order valence-corrected chi connectivity index (χ1v) is 6.52. The van der Waals surface area contributed by atoms with Crippen LogP contribution in [0, 0.1) is 0 Å². The van der Waals surface area contributed by atoms with Crippen LogP contribution in [-0.4, -0.2) is 21.5 Å². The summed E-state index contributed by atoms with van der Waals surface area (Å²) in [5, 5.41) is 3.39. The molecule has 2 aromatic rings. The Labute approximate surface area is 116 Å². The number of amides is 1. The number of nitrogens with one attached hydrogen (secondary N) is 1. The van der Waals surface area contributed by atoms with Crippen LogP contribution >= 0.6 is 11.6 Å². The third-order valence-electron chi connectivity index (χ3n) is 2.90. The molecule has 0 aliphatic rings. The molecule has 0 saturated heterocycles. The molecule has 1 heterocycles. The SMILES string of the molecule is CC(C)NC(=O)C(C)n1c(N)nc2c(Cl)cccc21. The first-order valence-electron chi connectivity index (χ1n) is 6.14. The third-order valence-corrected chi connectivity index (χ3v) is 3.20. The number of anilines is 1. The van der Waals surface area contributed by atoms with Gasteiger partial charge in [-0.1, -0.05) is 17.7 Å². The van der Waals surface area contributed by atoms with Gasteiger partial charge in [0, 0.05) is 6.04 Å². The van der Waals surface area contributed by atoms with Gasteiger partial charge in [-0.25, -0.2) is 4.98 Å². The second kappa shape index (κ2) is 5.09. The minimum absolute atomic E-state index is 0.0783. The van der Waals surface area contributed by atoms with E-state index >= 15 is 0 Å². The van der Waals surface area contributed by atoms with Crippen LogP contribution in [0.4, 0.5) is 5.95 Å². The van der Waals surface area contributed by atoms with Crippen LogP contribution in [0.5, 0.6) is 0 Å². The van der Waals surface area contributed by atoms with Crippen LogP contribution in [-0.2, 0) is 4.79 Å². The predicted molar refractivity (Wildman–Crippen MR) is 77.1 cm³/mol. The first kappa shape index (κ1) is 13.7. The number of benzene rings is 1. The summed E-state index contributed by atoms with van der Waals surface area (Å²) in [6.07, 6.45) is 0.